The molecule has 1 rings (SSSR count). The Morgan fingerprint density at radius 2 is 2.00 bits per heavy atom. The van der Waals surface area contributed by atoms with E-state index in [0.29, 0.717) is 6.04 Å². The minimum Gasteiger partial charge on any atom is -0.327 e. The van der Waals surface area contributed by atoms with Gasteiger partial charge in [-0.05, 0) is 12.3 Å². The maximum absolute atomic E-state index is 5.37. The first-order valence-electron chi connectivity index (χ1n) is 2.06. The van der Waals surface area contributed by atoms with Crippen LogP contribution >= 0.6 is 0 Å². The van der Waals surface area contributed by atoms with Gasteiger partial charge in [-0.2, -0.15) is 0 Å². The van der Waals surface area contributed by atoms with Crippen molar-refractivity contribution >= 4 is 0 Å². The third-order valence-corrected chi connectivity index (χ3v) is 1.17. The highest BCUT2D eigenvalue weighted by Crippen LogP contribution is 2.25. The Bertz CT molecular complexity index is 36.9. The number of nitrogens with two attached hydrogens (primary N) is 1. The number of hydrogen-bond acceptors (Lipinski definition) is 1. The van der Waals surface area contributed by atoms with Gasteiger partial charge in [0.1, 0.15) is 0 Å². The van der Waals surface area contributed by atoms with Crippen molar-refractivity contribution in [2.75, 3.05) is 0 Å². The number of hydrogen-bond donors (Lipinski definition) is 1. The molecule has 0 amide bonds. The minimum atomic E-state index is 0.551. The van der Waals surface area contributed by atoms with Gasteiger partial charge in [0.05, 0.1) is 0 Å². The zero-order valence-corrected chi connectivity index (χ0v) is 3.44. The molecule has 0 saturated heterocycles. The summed E-state index contributed by atoms with van der Waals surface area (Å²) >= 11 is 0. The molecular weight excluding hydrogens is 62.1 g/mol. The van der Waals surface area contributed by atoms with E-state index in [2.05, 4.69) is 6.92 Å². The van der Waals surface area contributed by atoms with Crippen LogP contribution in [0.4, 0.5) is 0 Å². The molecule has 0 radical (unpaired) electrons. The van der Waals surface area contributed by atoms with Crippen molar-refractivity contribution in [3.05, 3.63) is 0 Å². The molecule has 0 spiro atoms. The first-order chi connectivity index (χ1) is 2.30. The molecule has 0 heterocycles. The lowest BCUT2D eigenvalue weighted by Gasteiger charge is -1.69. The molecule has 1 aliphatic rings. The zero-order valence-electron chi connectivity index (χ0n) is 3.44. The highest BCUT2D eigenvalue weighted by molar-refractivity contribution is 4.85. The Morgan fingerprint density at radius 3 is 2.00 bits per heavy atom. The van der Waals surface area contributed by atoms with Crippen LogP contribution < -0.4 is 5.73 Å². The molecule has 0 bridgehead atoms. The normalized spacial score (nSPS) is 49.2. The lowest BCUT2D eigenvalue weighted by atomic mass is 10.5. The molecule has 0 aromatic carbocycles. The third kappa shape index (κ3) is 0.428. The smallest absolute Gasteiger partial charge is 0.00682 e. The van der Waals surface area contributed by atoms with Crippen molar-refractivity contribution in [3.8, 4) is 0 Å². The summed E-state index contributed by atoms with van der Waals surface area (Å²) in [6.07, 6.45) is 1.25. The van der Waals surface area contributed by atoms with Gasteiger partial charge >= 0.3 is 0 Å². The lowest BCUT2D eigenvalue weighted by Crippen LogP contribution is -1.98. The third-order valence-electron chi connectivity index (χ3n) is 1.17. The van der Waals surface area contributed by atoms with Gasteiger partial charge in [0, 0.05) is 6.04 Å². The Hall–Kier alpha value is -0.0400. The Labute approximate surface area is 32.2 Å². The van der Waals surface area contributed by atoms with Gasteiger partial charge in [-0.1, -0.05) is 6.92 Å². The van der Waals surface area contributed by atoms with Crippen molar-refractivity contribution in [3.63, 3.8) is 0 Å². The van der Waals surface area contributed by atoms with E-state index in [1.807, 2.05) is 0 Å². The largest absolute Gasteiger partial charge is 0.327 e. The van der Waals surface area contributed by atoms with E-state index < -0.39 is 0 Å². The molecule has 1 unspecified atom stereocenters. The van der Waals surface area contributed by atoms with E-state index in [-0.39, 0.29) is 0 Å². The molecule has 5 heavy (non-hydrogen) atoms. The molecule has 0 aliphatic heterocycles. The van der Waals surface area contributed by atoms with Crippen molar-refractivity contribution in [1.82, 2.24) is 0 Å². The van der Waals surface area contributed by atoms with Crippen LogP contribution in [0.3, 0.4) is 0 Å². The van der Waals surface area contributed by atoms with Crippen LogP contribution in [0.15, 0.2) is 0 Å². The number of rotatable bonds is 0. The fourth-order valence-electron chi connectivity index (χ4n) is 0.351. The molecule has 1 aliphatic carbocycles. The predicted octanol–water partition coefficient (Wildman–Crippen LogP) is 0.354. The van der Waals surface area contributed by atoms with E-state index >= 15 is 0 Å². The quantitative estimate of drug-likeness (QED) is 0.438. The van der Waals surface area contributed by atoms with Gasteiger partial charge in [0.2, 0.25) is 0 Å². The van der Waals surface area contributed by atoms with Crippen molar-refractivity contribution in [1.29, 1.82) is 0 Å². The summed E-state index contributed by atoms with van der Waals surface area (Å²) in [5.41, 5.74) is 5.37. The molecule has 1 saturated carbocycles. The minimum absolute atomic E-state index is 0.551. The van der Waals surface area contributed by atoms with Gasteiger partial charge in [0.15, 0.2) is 0 Å². The molecule has 0 aromatic rings. The predicted molar refractivity (Wildman–Crippen MR) is 21.8 cm³/mol. The SMILES string of the molecule is CC1C[C@@H]1N. The van der Waals surface area contributed by atoms with E-state index in [1.54, 1.807) is 0 Å². The van der Waals surface area contributed by atoms with Crippen LogP contribution in [-0.4, -0.2) is 6.04 Å². The van der Waals surface area contributed by atoms with Gasteiger partial charge in [0.25, 0.3) is 0 Å². The van der Waals surface area contributed by atoms with Gasteiger partial charge in [-0.15, -0.1) is 0 Å². The molecule has 1 heteroatoms. The zero-order chi connectivity index (χ0) is 3.86. The Morgan fingerprint density at radius 1 is 1.80 bits per heavy atom. The van der Waals surface area contributed by atoms with Crippen LogP contribution in [0.1, 0.15) is 13.3 Å². The molecule has 1 fully saturated rings. The first-order valence-corrected chi connectivity index (χ1v) is 2.06. The van der Waals surface area contributed by atoms with E-state index in [4.69, 9.17) is 5.73 Å². The van der Waals surface area contributed by atoms with Crippen molar-refractivity contribution < 1.29 is 0 Å². The average Bonchev–Trinajstić information content (AvgIpc) is 1.79. The van der Waals surface area contributed by atoms with Gasteiger partial charge in [-0.25, -0.2) is 0 Å². The summed E-state index contributed by atoms with van der Waals surface area (Å²) in [6.45, 7) is 2.17. The highest BCUT2D eigenvalue weighted by atomic mass is 14.7. The molecule has 1 nitrogen and oxygen atoms in total. The van der Waals surface area contributed by atoms with Gasteiger partial charge in [-0.3, -0.25) is 0 Å². The second-order valence-corrected chi connectivity index (χ2v) is 1.88. The maximum atomic E-state index is 5.37. The van der Waals surface area contributed by atoms with Gasteiger partial charge < -0.3 is 5.73 Å². The first kappa shape index (κ1) is 3.16. The van der Waals surface area contributed by atoms with E-state index in [0.717, 1.165) is 5.92 Å². The fraction of sp³-hybridized carbons (Fsp3) is 1.00. The Kier molecular flexibility index (Phi) is 0.453. The molecule has 2 atom stereocenters. The summed E-state index contributed by atoms with van der Waals surface area (Å²) in [7, 11) is 0. The summed E-state index contributed by atoms with van der Waals surface area (Å²) in [5, 5.41) is 0. The summed E-state index contributed by atoms with van der Waals surface area (Å²) in [4.78, 5) is 0. The lowest BCUT2D eigenvalue weighted by molar-refractivity contribution is 0.895. The average molecular weight is 71.1 g/mol. The second-order valence-electron chi connectivity index (χ2n) is 1.88. The molecule has 0 aromatic heterocycles. The fourth-order valence-corrected chi connectivity index (χ4v) is 0.351. The Balaban J connectivity index is 2.20. The topological polar surface area (TPSA) is 26.0 Å². The molecule has 30 valence electrons. The summed E-state index contributed by atoms with van der Waals surface area (Å²) in [6, 6.07) is 0.551. The van der Waals surface area contributed by atoms with Crippen LogP contribution in [-0.2, 0) is 0 Å². The monoisotopic (exact) mass is 71.1 g/mol. The van der Waals surface area contributed by atoms with Crippen LogP contribution in [0, 0.1) is 5.92 Å². The standard InChI is InChI=1S/C4H9N/c1-3-2-4(3)5/h3-4H,2,5H2,1H3/t3?,4-/m0/s1. The highest BCUT2D eigenvalue weighted by Gasteiger charge is 2.27. The van der Waals surface area contributed by atoms with Crippen molar-refractivity contribution in [2.45, 2.75) is 19.4 Å². The van der Waals surface area contributed by atoms with Crippen LogP contribution in [0.2, 0.25) is 0 Å². The van der Waals surface area contributed by atoms with E-state index in [9.17, 15) is 0 Å². The second kappa shape index (κ2) is 0.716. The molecule has 2 N–H and O–H groups in total. The van der Waals surface area contributed by atoms with Crippen LogP contribution in [0.5, 0.6) is 0 Å². The summed E-state index contributed by atoms with van der Waals surface area (Å²) < 4.78 is 0. The van der Waals surface area contributed by atoms with Crippen LogP contribution in [0.25, 0.3) is 0 Å². The van der Waals surface area contributed by atoms with E-state index in [1.165, 1.54) is 6.42 Å². The summed E-state index contributed by atoms with van der Waals surface area (Å²) in [5.74, 6) is 0.829. The van der Waals surface area contributed by atoms with Crippen molar-refractivity contribution in [2.24, 2.45) is 11.7 Å². The molecular formula is C4H9N. The maximum Gasteiger partial charge on any atom is 0.00682 e.